The van der Waals surface area contributed by atoms with E-state index in [0.29, 0.717) is 33.4 Å². The summed E-state index contributed by atoms with van der Waals surface area (Å²) < 4.78 is 13.0. The summed E-state index contributed by atoms with van der Waals surface area (Å²) in [5, 5.41) is 11.1. The van der Waals surface area contributed by atoms with E-state index < -0.39 is 0 Å². The van der Waals surface area contributed by atoms with Crippen molar-refractivity contribution in [3.05, 3.63) is 57.8 Å². The molecule has 0 unspecified atom stereocenters. The van der Waals surface area contributed by atoms with Crippen LogP contribution < -0.4 is 16.0 Å². The maximum Gasteiger partial charge on any atom is 0.196 e. The van der Waals surface area contributed by atoms with E-state index in [0.717, 1.165) is 24.3 Å². The van der Waals surface area contributed by atoms with E-state index in [1.807, 2.05) is 6.26 Å². The molecule has 0 saturated carbocycles. The normalized spacial score (nSPS) is 13.9. The van der Waals surface area contributed by atoms with Gasteiger partial charge in [0.15, 0.2) is 11.1 Å². The highest BCUT2D eigenvalue weighted by atomic mass is 35.5. The van der Waals surface area contributed by atoms with Gasteiger partial charge in [0.1, 0.15) is 5.82 Å². The molecule has 2 aromatic rings. The summed E-state index contributed by atoms with van der Waals surface area (Å²) in [6, 6.07) is 9.82. The van der Waals surface area contributed by atoms with Gasteiger partial charge in [0.2, 0.25) is 0 Å². The SMILES string of the molecule is CSC(=NCc1ccc(F)cc1)Nc1cc(Cl)c(NC2=NCCN2)c(Cl)c1. The van der Waals surface area contributed by atoms with Gasteiger partial charge in [0, 0.05) is 12.2 Å². The van der Waals surface area contributed by atoms with Gasteiger partial charge in [-0.15, -0.1) is 0 Å². The summed E-state index contributed by atoms with van der Waals surface area (Å²) in [5.74, 6) is 0.396. The Kier molecular flexibility index (Phi) is 6.82. The zero-order chi connectivity index (χ0) is 19.2. The van der Waals surface area contributed by atoms with Crippen LogP contribution in [0.4, 0.5) is 15.8 Å². The second kappa shape index (κ2) is 9.30. The highest BCUT2D eigenvalue weighted by Gasteiger charge is 2.13. The second-order valence-corrected chi connectivity index (χ2v) is 7.28. The quantitative estimate of drug-likeness (QED) is 0.484. The van der Waals surface area contributed by atoms with Crippen molar-refractivity contribution in [2.75, 3.05) is 30.0 Å². The molecular formula is C18H18Cl2FN5S. The molecular weight excluding hydrogens is 408 g/mol. The Hall–Kier alpha value is -1.96. The predicted molar refractivity (Wildman–Crippen MR) is 115 cm³/mol. The third-order valence-electron chi connectivity index (χ3n) is 3.72. The molecule has 3 N–H and O–H groups in total. The summed E-state index contributed by atoms with van der Waals surface area (Å²) in [6.07, 6.45) is 1.92. The van der Waals surface area contributed by atoms with Crippen LogP contribution in [0.15, 0.2) is 46.4 Å². The lowest BCUT2D eigenvalue weighted by Gasteiger charge is -2.14. The first-order chi connectivity index (χ1) is 13.0. The van der Waals surface area contributed by atoms with Gasteiger partial charge in [-0.25, -0.2) is 4.39 Å². The summed E-state index contributed by atoms with van der Waals surface area (Å²) in [5.41, 5.74) is 2.25. The van der Waals surface area contributed by atoms with Crippen LogP contribution in [0.1, 0.15) is 5.56 Å². The van der Waals surface area contributed by atoms with E-state index in [4.69, 9.17) is 23.2 Å². The molecule has 5 nitrogen and oxygen atoms in total. The summed E-state index contributed by atoms with van der Waals surface area (Å²) >= 11 is 14.2. The fourth-order valence-corrected chi connectivity index (χ4v) is 3.39. The van der Waals surface area contributed by atoms with Crippen LogP contribution >= 0.6 is 35.0 Å². The van der Waals surface area contributed by atoms with Gasteiger partial charge in [-0.2, -0.15) is 0 Å². The molecule has 0 atom stereocenters. The van der Waals surface area contributed by atoms with Crippen molar-refractivity contribution >= 4 is 57.5 Å². The Labute approximate surface area is 171 Å². The fourth-order valence-electron chi connectivity index (χ4n) is 2.40. The first-order valence-corrected chi connectivity index (χ1v) is 10.2. The number of nitrogens with zero attached hydrogens (tertiary/aromatic N) is 2. The molecule has 0 saturated heterocycles. The monoisotopic (exact) mass is 425 g/mol. The number of rotatable bonds is 4. The van der Waals surface area contributed by atoms with E-state index in [-0.39, 0.29) is 5.82 Å². The Bertz CT molecular complexity index is 848. The Morgan fingerprint density at radius 2 is 1.96 bits per heavy atom. The maximum absolute atomic E-state index is 13.0. The molecule has 0 amide bonds. The molecule has 3 rings (SSSR count). The molecule has 9 heteroatoms. The lowest BCUT2D eigenvalue weighted by atomic mass is 10.2. The molecule has 142 valence electrons. The summed E-state index contributed by atoms with van der Waals surface area (Å²) in [6.45, 7) is 1.95. The van der Waals surface area contributed by atoms with Crippen molar-refractivity contribution in [1.29, 1.82) is 0 Å². The number of hydrogen-bond acceptors (Lipinski definition) is 5. The number of amidine groups is 1. The van der Waals surface area contributed by atoms with Gasteiger partial charge in [-0.1, -0.05) is 47.1 Å². The average molecular weight is 426 g/mol. The summed E-state index contributed by atoms with van der Waals surface area (Å²) in [7, 11) is 0. The van der Waals surface area contributed by atoms with Crippen LogP contribution in [0, 0.1) is 5.82 Å². The number of anilines is 2. The smallest absolute Gasteiger partial charge is 0.196 e. The first kappa shape index (κ1) is 19.8. The Morgan fingerprint density at radius 1 is 1.26 bits per heavy atom. The van der Waals surface area contributed by atoms with E-state index in [9.17, 15) is 4.39 Å². The zero-order valence-electron chi connectivity index (χ0n) is 14.5. The molecule has 1 heterocycles. The molecule has 2 aromatic carbocycles. The number of halogens is 3. The van der Waals surface area contributed by atoms with Crippen LogP contribution in [0.5, 0.6) is 0 Å². The molecule has 0 radical (unpaired) electrons. The van der Waals surface area contributed by atoms with Gasteiger partial charge in [-0.05, 0) is 36.1 Å². The molecule has 0 fully saturated rings. The number of aliphatic imine (C=N–C) groups is 2. The van der Waals surface area contributed by atoms with Crippen molar-refractivity contribution in [2.45, 2.75) is 6.54 Å². The van der Waals surface area contributed by atoms with Gasteiger partial charge in [0.05, 0.1) is 28.8 Å². The highest BCUT2D eigenvalue weighted by Crippen LogP contribution is 2.34. The molecule has 0 spiro atoms. The minimum atomic E-state index is -0.261. The van der Waals surface area contributed by atoms with Gasteiger partial charge in [-0.3, -0.25) is 9.98 Å². The molecule has 1 aliphatic rings. The second-order valence-electron chi connectivity index (χ2n) is 5.67. The van der Waals surface area contributed by atoms with E-state index in [1.165, 1.54) is 23.9 Å². The molecule has 0 aromatic heterocycles. The number of thioether (sulfide) groups is 1. The van der Waals surface area contributed by atoms with E-state index in [2.05, 4.69) is 25.9 Å². The molecule has 27 heavy (non-hydrogen) atoms. The lowest BCUT2D eigenvalue weighted by molar-refractivity contribution is 0.627. The van der Waals surface area contributed by atoms with Crippen LogP contribution in [-0.2, 0) is 6.54 Å². The molecule has 1 aliphatic heterocycles. The zero-order valence-corrected chi connectivity index (χ0v) is 16.9. The van der Waals surface area contributed by atoms with Crippen LogP contribution in [0.25, 0.3) is 0 Å². The predicted octanol–water partition coefficient (Wildman–Crippen LogP) is 4.83. The van der Waals surface area contributed by atoms with Crippen LogP contribution in [0.2, 0.25) is 10.0 Å². The number of benzene rings is 2. The largest absolute Gasteiger partial charge is 0.354 e. The van der Waals surface area contributed by atoms with E-state index >= 15 is 0 Å². The third kappa shape index (κ3) is 5.51. The van der Waals surface area contributed by atoms with Gasteiger partial charge < -0.3 is 16.0 Å². The Morgan fingerprint density at radius 3 is 2.56 bits per heavy atom. The van der Waals surface area contributed by atoms with Crippen LogP contribution in [-0.4, -0.2) is 30.5 Å². The minimum Gasteiger partial charge on any atom is -0.354 e. The average Bonchev–Trinajstić information content (AvgIpc) is 3.16. The third-order valence-corrected chi connectivity index (χ3v) is 4.94. The van der Waals surface area contributed by atoms with Crippen molar-refractivity contribution in [2.24, 2.45) is 9.98 Å². The number of guanidine groups is 1. The first-order valence-electron chi connectivity index (χ1n) is 8.19. The van der Waals surface area contributed by atoms with Crippen molar-refractivity contribution in [3.63, 3.8) is 0 Å². The van der Waals surface area contributed by atoms with Crippen molar-refractivity contribution in [1.82, 2.24) is 5.32 Å². The Balaban J connectivity index is 1.71. The van der Waals surface area contributed by atoms with Crippen molar-refractivity contribution < 1.29 is 4.39 Å². The van der Waals surface area contributed by atoms with E-state index in [1.54, 1.807) is 24.3 Å². The lowest BCUT2D eigenvalue weighted by Crippen LogP contribution is -2.26. The maximum atomic E-state index is 13.0. The topological polar surface area (TPSA) is 60.8 Å². The van der Waals surface area contributed by atoms with Gasteiger partial charge in [0.25, 0.3) is 0 Å². The fraction of sp³-hybridized carbons (Fsp3) is 0.222. The minimum absolute atomic E-state index is 0.261. The number of hydrogen-bond donors (Lipinski definition) is 3. The molecule has 0 bridgehead atoms. The highest BCUT2D eigenvalue weighted by molar-refractivity contribution is 8.13. The molecule has 0 aliphatic carbocycles. The van der Waals surface area contributed by atoms with Crippen molar-refractivity contribution in [3.8, 4) is 0 Å². The summed E-state index contributed by atoms with van der Waals surface area (Å²) in [4.78, 5) is 8.79. The van der Waals surface area contributed by atoms with Crippen LogP contribution in [0.3, 0.4) is 0 Å². The van der Waals surface area contributed by atoms with Gasteiger partial charge >= 0.3 is 0 Å². The standard InChI is InChI=1S/C18H18Cl2FN5S/c1-27-18(24-10-11-2-4-12(21)5-3-11)25-13-8-14(19)16(15(20)9-13)26-17-22-6-7-23-17/h2-5,8-9H,6-7,10H2,1H3,(H,24,25)(H2,22,23,26). The number of nitrogens with one attached hydrogen (secondary N) is 3.